The summed E-state index contributed by atoms with van der Waals surface area (Å²) in [4.78, 5) is 21.1. The molecule has 7 nitrogen and oxygen atoms in total. The van der Waals surface area contributed by atoms with Crippen LogP contribution in [0.5, 0.6) is 0 Å². The third-order valence-electron chi connectivity index (χ3n) is 5.85. The molecule has 1 amide bonds. The van der Waals surface area contributed by atoms with Gasteiger partial charge in [-0.15, -0.1) is 0 Å². The molecule has 0 aliphatic heterocycles. The SMILES string of the molecule is CCCCCCCCCCCCCCCCCCOC[C@H](COP(=O)(O)OCCSC)NC(C)=O. The average Bonchev–Trinajstić information content (AvgIpc) is 2.81. The largest absolute Gasteiger partial charge is 0.472 e. The third-order valence-corrected chi connectivity index (χ3v) is 7.41. The first-order valence-electron chi connectivity index (χ1n) is 13.9. The molecular formula is C26H54NO6PS. The van der Waals surface area contributed by atoms with Gasteiger partial charge in [-0.25, -0.2) is 4.57 Å². The molecule has 210 valence electrons. The number of hydrogen-bond donors (Lipinski definition) is 2. The minimum Gasteiger partial charge on any atom is -0.379 e. The summed E-state index contributed by atoms with van der Waals surface area (Å²) in [5.74, 6) is 0.367. The molecule has 0 aliphatic rings. The number of thioether (sulfide) groups is 1. The van der Waals surface area contributed by atoms with Crippen molar-refractivity contribution in [1.29, 1.82) is 0 Å². The fourth-order valence-electron chi connectivity index (χ4n) is 3.85. The van der Waals surface area contributed by atoms with E-state index in [4.69, 9.17) is 13.8 Å². The zero-order valence-corrected chi connectivity index (χ0v) is 24.5. The van der Waals surface area contributed by atoms with Crippen molar-refractivity contribution >= 4 is 25.5 Å². The Kier molecular flexibility index (Phi) is 25.5. The Balaban J connectivity index is 3.61. The molecule has 0 aromatic heterocycles. The molecule has 0 saturated carbocycles. The van der Waals surface area contributed by atoms with E-state index >= 15 is 0 Å². The van der Waals surface area contributed by atoms with Gasteiger partial charge < -0.3 is 14.9 Å². The Morgan fingerprint density at radius 1 is 0.800 bits per heavy atom. The van der Waals surface area contributed by atoms with Gasteiger partial charge in [0.2, 0.25) is 5.91 Å². The van der Waals surface area contributed by atoms with E-state index in [-0.39, 0.29) is 25.7 Å². The van der Waals surface area contributed by atoms with Crippen LogP contribution >= 0.6 is 19.6 Å². The van der Waals surface area contributed by atoms with Gasteiger partial charge in [-0.05, 0) is 12.7 Å². The van der Waals surface area contributed by atoms with Crippen LogP contribution in [0, 0.1) is 0 Å². The molecule has 2 atom stereocenters. The maximum atomic E-state index is 11.9. The maximum absolute atomic E-state index is 11.9. The van der Waals surface area contributed by atoms with Crippen molar-refractivity contribution in [3.05, 3.63) is 0 Å². The van der Waals surface area contributed by atoms with Gasteiger partial charge in [-0.1, -0.05) is 103 Å². The van der Waals surface area contributed by atoms with Crippen LogP contribution in [0.1, 0.15) is 117 Å². The van der Waals surface area contributed by atoms with E-state index in [1.165, 1.54) is 109 Å². The van der Waals surface area contributed by atoms with Crippen molar-refractivity contribution in [1.82, 2.24) is 5.32 Å². The van der Waals surface area contributed by atoms with Gasteiger partial charge in [0.15, 0.2) is 0 Å². The Labute approximate surface area is 219 Å². The summed E-state index contributed by atoms with van der Waals surface area (Å²) >= 11 is 1.51. The first kappa shape index (κ1) is 34.9. The van der Waals surface area contributed by atoms with Crippen LogP contribution in [0.25, 0.3) is 0 Å². The smallest absolute Gasteiger partial charge is 0.379 e. The zero-order valence-electron chi connectivity index (χ0n) is 22.8. The highest BCUT2D eigenvalue weighted by Crippen LogP contribution is 2.43. The molecule has 0 fully saturated rings. The van der Waals surface area contributed by atoms with Crippen molar-refractivity contribution in [3.8, 4) is 0 Å². The molecule has 0 aromatic carbocycles. The molecule has 0 spiro atoms. The standard InChI is InChI=1S/C26H54NO6PS/c1-4-5-6-7-8-9-10-11-12-13-14-15-16-17-18-19-20-31-23-26(27-25(2)28)24-33-34(29,30)32-21-22-35-3/h26H,4-24H2,1-3H3,(H,27,28)(H,29,30)/t26-/m1/s1. The topological polar surface area (TPSA) is 94.1 Å². The van der Waals surface area contributed by atoms with Crippen molar-refractivity contribution in [2.75, 3.05) is 38.4 Å². The van der Waals surface area contributed by atoms with Crippen LogP contribution < -0.4 is 5.32 Å². The monoisotopic (exact) mass is 539 g/mol. The lowest BCUT2D eigenvalue weighted by Gasteiger charge is -2.20. The first-order valence-corrected chi connectivity index (χ1v) is 16.8. The van der Waals surface area contributed by atoms with Crippen molar-refractivity contribution in [2.24, 2.45) is 0 Å². The fourth-order valence-corrected chi connectivity index (χ4v) is 4.99. The number of phosphoric acid groups is 1. The van der Waals surface area contributed by atoms with Crippen LogP contribution in [0.15, 0.2) is 0 Å². The highest BCUT2D eigenvalue weighted by atomic mass is 32.2. The molecule has 0 radical (unpaired) electrons. The molecule has 2 N–H and O–H groups in total. The Morgan fingerprint density at radius 2 is 1.29 bits per heavy atom. The summed E-state index contributed by atoms with van der Waals surface area (Å²) in [5, 5.41) is 2.70. The number of rotatable bonds is 27. The van der Waals surface area contributed by atoms with E-state index < -0.39 is 13.9 Å². The summed E-state index contributed by atoms with van der Waals surface area (Å²) in [6.07, 6.45) is 23.1. The normalized spacial score (nSPS) is 14.1. The Hall–Kier alpha value is -0.110. The second-order valence-corrected chi connectivity index (χ2v) is 11.8. The maximum Gasteiger partial charge on any atom is 0.472 e. The van der Waals surface area contributed by atoms with Crippen LogP contribution in [0.3, 0.4) is 0 Å². The molecule has 0 heterocycles. The lowest BCUT2D eigenvalue weighted by molar-refractivity contribution is -0.120. The van der Waals surface area contributed by atoms with E-state index in [1.807, 2.05) is 6.26 Å². The number of carbonyl (C=O) groups is 1. The summed E-state index contributed by atoms with van der Waals surface area (Å²) < 4.78 is 27.4. The number of nitrogens with one attached hydrogen (secondary N) is 1. The first-order chi connectivity index (χ1) is 16.9. The second kappa shape index (κ2) is 25.5. The Morgan fingerprint density at radius 3 is 1.74 bits per heavy atom. The van der Waals surface area contributed by atoms with Gasteiger partial charge in [-0.3, -0.25) is 13.8 Å². The molecular weight excluding hydrogens is 485 g/mol. The number of amides is 1. The fraction of sp³-hybridized carbons (Fsp3) is 0.962. The molecule has 0 bridgehead atoms. The number of carbonyl (C=O) groups excluding carboxylic acids is 1. The van der Waals surface area contributed by atoms with Gasteiger partial charge in [0.25, 0.3) is 0 Å². The van der Waals surface area contributed by atoms with Gasteiger partial charge in [0.1, 0.15) is 0 Å². The lowest BCUT2D eigenvalue weighted by Crippen LogP contribution is -2.40. The van der Waals surface area contributed by atoms with Crippen molar-refractivity contribution < 1.29 is 28.0 Å². The van der Waals surface area contributed by atoms with Crippen molar-refractivity contribution in [2.45, 2.75) is 123 Å². The van der Waals surface area contributed by atoms with Gasteiger partial charge in [0.05, 0.1) is 25.9 Å². The molecule has 0 aromatic rings. The average molecular weight is 540 g/mol. The van der Waals surface area contributed by atoms with Crippen LogP contribution in [0.2, 0.25) is 0 Å². The molecule has 0 saturated heterocycles. The molecule has 1 unspecified atom stereocenters. The van der Waals surface area contributed by atoms with E-state index in [1.54, 1.807) is 0 Å². The highest BCUT2D eigenvalue weighted by molar-refractivity contribution is 7.98. The Bertz CT molecular complexity index is 526. The predicted molar refractivity (Wildman–Crippen MR) is 148 cm³/mol. The highest BCUT2D eigenvalue weighted by Gasteiger charge is 2.23. The number of phosphoric ester groups is 1. The van der Waals surface area contributed by atoms with E-state index in [9.17, 15) is 14.3 Å². The molecule has 0 aliphatic carbocycles. The summed E-state index contributed by atoms with van der Waals surface area (Å²) in [5.41, 5.74) is 0. The van der Waals surface area contributed by atoms with E-state index in [2.05, 4.69) is 12.2 Å². The quantitative estimate of drug-likeness (QED) is 0.0837. The minimum absolute atomic E-state index is 0.133. The molecule has 0 rings (SSSR count). The number of hydrogen-bond acceptors (Lipinski definition) is 6. The van der Waals surface area contributed by atoms with Gasteiger partial charge in [0, 0.05) is 19.3 Å². The van der Waals surface area contributed by atoms with Gasteiger partial charge in [-0.2, -0.15) is 11.8 Å². The van der Waals surface area contributed by atoms with Crippen LogP contribution in [-0.2, 0) is 23.1 Å². The summed E-state index contributed by atoms with van der Waals surface area (Å²) in [6.45, 7) is 4.52. The second-order valence-electron chi connectivity index (χ2n) is 9.37. The van der Waals surface area contributed by atoms with Crippen molar-refractivity contribution in [3.63, 3.8) is 0 Å². The number of unbranched alkanes of at least 4 members (excludes halogenated alkanes) is 15. The lowest BCUT2D eigenvalue weighted by atomic mass is 10.0. The summed E-state index contributed by atoms with van der Waals surface area (Å²) in [7, 11) is -4.12. The third kappa shape index (κ3) is 26.8. The predicted octanol–water partition coefficient (Wildman–Crippen LogP) is 7.27. The minimum atomic E-state index is -4.12. The van der Waals surface area contributed by atoms with E-state index in [0.717, 1.165) is 12.8 Å². The van der Waals surface area contributed by atoms with E-state index in [0.29, 0.717) is 12.4 Å². The molecule has 35 heavy (non-hydrogen) atoms. The summed E-state index contributed by atoms with van der Waals surface area (Å²) in [6, 6.07) is -0.488. The molecule has 9 heteroatoms. The number of ether oxygens (including phenoxy) is 1. The van der Waals surface area contributed by atoms with Crippen LogP contribution in [-0.4, -0.2) is 55.3 Å². The zero-order chi connectivity index (χ0) is 26.0. The van der Waals surface area contributed by atoms with Crippen LogP contribution in [0.4, 0.5) is 0 Å². The van der Waals surface area contributed by atoms with Gasteiger partial charge >= 0.3 is 7.82 Å².